The van der Waals surface area contributed by atoms with Gasteiger partial charge in [-0.15, -0.1) is 0 Å². The van der Waals surface area contributed by atoms with Gasteiger partial charge in [0.25, 0.3) is 11.7 Å². The fourth-order valence-electron chi connectivity index (χ4n) is 2.34. The number of amides is 1. The zero-order valence-corrected chi connectivity index (χ0v) is 14.4. The molecule has 2 aromatic rings. The summed E-state index contributed by atoms with van der Waals surface area (Å²) >= 11 is 0. The standard InChI is InChI=1S/C18H16FN3O4/c1-4-26-18(25)16(23)13-8-15(22(3)10(13)2)17(24)21-12-5-6-14(19)11(7-12)9-20/h5-8H,4H2,1-3H3,(H,21,24). The van der Waals surface area contributed by atoms with E-state index < -0.39 is 23.5 Å². The topological polar surface area (TPSA) is 101 Å². The number of anilines is 1. The monoisotopic (exact) mass is 357 g/mol. The van der Waals surface area contributed by atoms with Crippen LogP contribution in [0.4, 0.5) is 10.1 Å². The second-order valence-corrected chi connectivity index (χ2v) is 5.40. The minimum atomic E-state index is -0.995. The van der Waals surface area contributed by atoms with Gasteiger partial charge < -0.3 is 14.6 Å². The summed E-state index contributed by atoms with van der Waals surface area (Å²) in [4.78, 5) is 36.2. The molecule has 1 heterocycles. The van der Waals surface area contributed by atoms with Crippen LogP contribution in [0.1, 0.15) is 39.0 Å². The summed E-state index contributed by atoms with van der Waals surface area (Å²) in [6.07, 6.45) is 0. The van der Waals surface area contributed by atoms with Gasteiger partial charge in [0.2, 0.25) is 0 Å². The molecule has 0 bridgehead atoms. The molecule has 0 atom stereocenters. The third kappa shape index (κ3) is 3.62. The summed E-state index contributed by atoms with van der Waals surface area (Å²) in [6.45, 7) is 3.24. The number of rotatable bonds is 5. The molecule has 0 saturated heterocycles. The molecule has 8 heteroatoms. The Hall–Kier alpha value is -3.47. The number of benzene rings is 1. The first-order valence-corrected chi connectivity index (χ1v) is 7.68. The van der Waals surface area contributed by atoms with E-state index in [4.69, 9.17) is 10.00 Å². The Labute approximate surface area is 149 Å². The lowest BCUT2D eigenvalue weighted by molar-refractivity contribution is -0.137. The molecule has 134 valence electrons. The molecule has 2 rings (SSSR count). The Balaban J connectivity index is 2.30. The second kappa shape index (κ2) is 7.61. The van der Waals surface area contributed by atoms with E-state index in [1.54, 1.807) is 27.0 Å². The van der Waals surface area contributed by atoms with Crippen LogP contribution in [-0.2, 0) is 16.6 Å². The summed E-state index contributed by atoms with van der Waals surface area (Å²) in [6, 6.07) is 6.56. The first-order valence-electron chi connectivity index (χ1n) is 7.68. The molecule has 1 aromatic heterocycles. The largest absolute Gasteiger partial charge is 0.460 e. The van der Waals surface area contributed by atoms with Crippen molar-refractivity contribution in [1.82, 2.24) is 4.57 Å². The predicted octanol–water partition coefficient (Wildman–Crippen LogP) is 2.34. The van der Waals surface area contributed by atoms with Crippen LogP contribution in [0, 0.1) is 24.1 Å². The summed E-state index contributed by atoms with van der Waals surface area (Å²) in [7, 11) is 1.57. The average molecular weight is 357 g/mol. The first-order chi connectivity index (χ1) is 12.3. The highest BCUT2D eigenvalue weighted by atomic mass is 19.1. The Morgan fingerprint density at radius 1 is 1.31 bits per heavy atom. The molecule has 0 aliphatic rings. The molecule has 26 heavy (non-hydrogen) atoms. The molecule has 7 nitrogen and oxygen atoms in total. The summed E-state index contributed by atoms with van der Waals surface area (Å²) < 4.78 is 19.5. The molecule has 0 spiro atoms. The van der Waals surface area contributed by atoms with Gasteiger partial charge in [0.05, 0.1) is 17.7 Å². The van der Waals surface area contributed by atoms with E-state index >= 15 is 0 Å². The lowest BCUT2D eigenvalue weighted by Crippen LogP contribution is -2.18. The van der Waals surface area contributed by atoms with Gasteiger partial charge in [-0.05, 0) is 38.1 Å². The molecule has 0 aliphatic carbocycles. The van der Waals surface area contributed by atoms with Gasteiger partial charge in [-0.1, -0.05) is 0 Å². The van der Waals surface area contributed by atoms with Crippen molar-refractivity contribution in [3.8, 4) is 6.07 Å². The number of Topliss-reactive ketones (excluding diaryl/α,β-unsaturated/α-hetero) is 1. The number of esters is 1. The second-order valence-electron chi connectivity index (χ2n) is 5.40. The van der Waals surface area contributed by atoms with E-state index in [9.17, 15) is 18.8 Å². The molecule has 0 saturated carbocycles. The van der Waals surface area contributed by atoms with Gasteiger partial charge in [-0.25, -0.2) is 9.18 Å². The average Bonchev–Trinajstić information content (AvgIpc) is 2.91. The molecule has 0 aliphatic heterocycles. The number of halogens is 1. The Morgan fingerprint density at radius 2 is 2.00 bits per heavy atom. The van der Waals surface area contributed by atoms with Gasteiger partial charge in [0, 0.05) is 18.4 Å². The molecule has 0 unspecified atom stereocenters. The van der Waals surface area contributed by atoms with Crippen molar-refractivity contribution in [2.24, 2.45) is 7.05 Å². The van der Waals surface area contributed by atoms with Crippen LogP contribution in [0.15, 0.2) is 24.3 Å². The summed E-state index contributed by atoms with van der Waals surface area (Å²) in [5, 5.41) is 11.4. The number of nitrogens with one attached hydrogen (secondary N) is 1. The number of aromatic nitrogens is 1. The van der Waals surface area contributed by atoms with Crippen molar-refractivity contribution in [3.05, 3.63) is 52.6 Å². The van der Waals surface area contributed by atoms with Crippen LogP contribution in [0.25, 0.3) is 0 Å². The van der Waals surface area contributed by atoms with Gasteiger partial charge in [-0.2, -0.15) is 5.26 Å². The fourth-order valence-corrected chi connectivity index (χ4v) is 2.34. The lowest BCUT2D eigenvalue weighted by atomic mass is 10.1. The maximum atomic E-state index is 13.4. The van der Waals surface area contributed by atoms with Gasteiger partial charge in [-0.3, -0.25) is 9.59 Å². The Morgan fingerprint density at radius 3 is 2.62 bits per heavy atom. The van der Waals surface area contributed by atoms with Gasteiger partial charge >= 0.3 is 5.97 Å². The molecule has 1 N–H and O–H groups in total. The lowest BCUT2D eigenvalue weighted by Gasteiger charge is -2.07. The molecule has 0 radical (unpaired) electrons. The van der Waals surface area contributed by atoms with E-state index in [0.29, 0.717) is 5.69 Å². The van der Waals surface area contributed by atoms with Crippen LogP contribution in [-0.4, -0.2) is 28.8 Å². The van der Waals surface area contributed by atoms with Crippen LogP contribution < -0.4 is 5.32 Å². The molecular formula is C18H16FN3O4. The zero-order valence-electron chi connectivity index (χ0n) is 14.4. The van der Waals surface area contributed by atoms with Crippen molar-refractivity contribution >= 4 is 23.3 Å². The molecule has 0 fully saturated rings. The number of carbonyl (C=O) groups is 3. The minimum absolute atomic E-state index is 0.0629. The summed E-state index contributed by atoms with van der Waals surface area (Å²) in [5.74, 6) is -3.10. The SMILES string of the molecule is CCOC(=O)C(=O)c1cc(C(=O)Nc2ccc(F)c(C#N)c2)n(C)c1C. The number of hydrogen-bond donors (Lipinski definition) is 1. The van der Waals surface area contributed by atoms with E-state index in [0.717, 1.165) is 6.07 Å². The number of ether oxygens (including phenoxy) is 1. The smallest absolute Gasteiger partial charge is 0.379 e. The van der Waals surface area contributed by atoms with Gasteiger partial charge in [0.1, 0.15) is 17.6 Å². The first kappa shape index (κ1) is 18.9. The fraction of sp³-hybridized carbons (Fsp3) is 0.222. The van der Waals surface area contributed by atoms with E-state index in [1.807, 2.05) is 0 Å². The summed E-state index contributed by atoms with van der Waals surface area (Å²) in [5.41, 5.74) is 0.630. The van der Waals surface area contributed by atoms with Crippen LogP contribution in [0.2, 0.25) is 0 Å². The number of nitrogens with zero attached hydrogens (tertiary/aromatic N) is 2. The van der Waals surface area contributed by atoms with E-state index in [-0.39, 0.29) is 29.1 Å². The highest BCUT2D eigenvalue weighted by Crippen LogP contribution is 2.19. The Bertz CT molecular complexity index is 941. The van der Waals surface area contributed by atoms with Crippen molar-refractivity contribution in [3.63, 3.8) is 0 Å². The highest BCUT2D eigenvalue weighted by molar-refractivity contribution is 6.41. The van der Waals surface area contributed by atoms with Crippen LogP contribution in [0.3, 0.4) is 0 Å². The maximum Gasteiger partial charge on any atom is 0.379 e. The third-order valence-electron chi connectivity index (χ3n) is 3.82. The number of carbonyl (C=O) groups excluding carboxylic acids is 3. The zero-order chi connectivity index (χ0) is 19.4. The quantitative estimate of drug-likeness (QED) is 0.503. The van der Waals surface area contributed by atoms with Crippen molar-refractivity contribution in [1.29, 1.82) is 5.26 Å². The number of hydrogen-bond acceptors (Lipinski definition) is 5. The van der Waals surface area contributed by atoms with Crippen molar-refractivity contribution < 1.29 is 23.5 Å². The molecule has 1 amide bonds. The number of nitriles is 1. The predicted molar refractivity (Wildman–Crippen MR) is 90.2 cm³/mol. The third-order valence-corrected chi connectivity index (χ3v) is 3.82. The molecular weight excluding hydrogens is 341 g/mol. The normalized spacial score (nSPS) is 10.1. The van der Waals surface area contributed by atoms with Crippen LogP contribution >= 0.6 is 0 Å². The highest BCUT2D eigenvalue weighted by Gasteiger charge is 2.25. The minimum Gasteiger partial charge on any atom is -0.460 e. The van der Waals surface area contributed by atoms with Gasteiger partial charge in [0.15, 0.2) is 0 Å². The molecule has 1 aromatic carbocycles. The Kier molecular flexibility index (Phi) is 5.52. The maximum absolute atomic E-state index is 13.4. The van der Waals surface area contributed by atoms with Crippen molar-refractivity contribution in [2.75, 3.05) is 11.9 Å². The van der Waals surface area contributed by atoms with Crippen molar-refractivity contribution in [2.45, 2.75) is 13.8 Å². The van der Waals surface area contributed by atoms with E-state index in [2.05, 4.69) is 5.32 Å². The van der Waals surface area contributed by atoms with E-state index in [1.165, 1.54) is 22.8 Å². The number of ketones is 1. The van der Waals surface area contributed by atoms with Crippen LogP contribution in [0.5, 0.6) is 0 Å².